The molecule has 0 spiro atoms. The largest absolute Gasteiger partial charge is 2.00 e. The Morgan fingerprint density at radius 2 is 1.03 bits per heavy atom. The summed E-state index contributed by atoms with van der Waals surface area (Å²) in [6.07, 6.45) is 18.9. The van der Waals surface area contributed by atoms with E-state index in [0.29, 0.717) is 6.61 Å². The van der Waals surface area contributed by atoms with Crippen LogP contribution in [-0.2, 0) is 17.1 Å². The van der Waals surface area contributed by atoms with Crippen molar-refractivity contribution >= 4 is 11.1 Å². The van der Waals surface area contributed by atoms with Crippen LogP contribution in [-0.4, -0.2) is 16.8 Å². The molecule has 0 aromatic heterocycles. The van der Waals surface area contributed by atoms with Gasteiger partial charge in [-0.15, -0.1) is 0 Å². The van der Waals surface area contributed by atoms with Crippen LogP contribution in [0.1, 0.15) is 30.0 Å². The minimum atomic E-state index is 0. The maximum Gasteiger partial charge on any atom is 2.00 e. The molecule has 2 saturated carbocycles. The number of hydrogen-bond donors (Lipinski definition) is 2. The Morgan fingerprint density at radius 3 is 1.49 bits per heavy atom. The van der Waals surface area contributed by atoms with Gasteiger partial charge in [0.2, 0.25) is 0 Å². The normalized spacial score (nSPS) is 15.8. The first kappa shape index (κ1) is 28.9. The summed E-state index contributed by atoms with van der Waals surface area (Å²) < 4.78 is 5.91. The zero-order chi connectivity index (χ0) is 25.2. The van der Waals surface area contributed by atoms with Gasteiger partial charge in [0.25, 0.3) is 0 Å². The second-order valence-corrected chi connectivity index (χ2v) is 8.37. The molecular weight excluding hydrogens is 500 g/mol. The Hall–Kier alpha value is -2.68. The predicted molar refractivity (Wildman–Crippen MR) is 146 cm³/mol. The molecule has 0 atom stereocenters. The van der Waals surface area contributed by atoms with E-state index in [9.17, 15) is 10.2 Å². The molecule has 0 unspecified atom stereocenters. The molecule has 3 aromatic carbocycles. The van der Waals surface area contributed by atoms with Crippen LogP contribution < -0.4 is 4.74 Å². The Morgan fingerprint density at radius 1 is 0.595 bits per heavy atom. The number of aromatic hydroxyl groups is 2. The van der Waals surface area contributed by atoms with Gasteiger partial charge in [-0.05, 0) is 128 Å². The number of ether oxygens (including phenoxy) is 1. The fourth-order valence-electron chi connectivity index (χ4n) is 4.05. The van der Waals surface area contributed by atoms with Crippen molar-refractivity contribution in [1.82, 2.24) is 0 Å². The van der Waals surface area contributed by atoms with Crippen LogP contribution in [0.4, 0.5) is 0 Å². The Balaban J connectivity index is 0.000000568. The van der Waals surface area contributed by atoms with Gasteiger partial charge < -0.3 is 14.9 Å². The molecule has 0 heterocycles. The van der Waals surface area contributed by atoms with Crippen LogP contribution in [0.15, 0.2) is 72.8 Å². The zero-order valence-corrected chi connectivity index (χ0v) is 21.8. The third kappa shape index (κ3) is 8.42. The maximum atomic E-state index is 9.77. The summed E-state index contributed by atoms with van der Waals surface area (Å²) in [4.78, 5) is 0. The fraction of sp³-hybridized carbons (Fsp3) is 0.0909. The van der Waals surface area contributed by atoms with Crippen LogP contribution in [0.3, 0.4) is 0 Å². The van der Waals surface area contributed by atoms with Crippen LogP contribution >= 0.6 is 0 Å². The average molecular weight is 530 g/mol. The smallest absolute Gasteiger partial charge is 0.508 e. The molecule has 0 aliphatic heterocycles. The molecule has 2 N–H and O–H groups in total. The first-order chi connectivity index (χ1) is 17.6. The summed E-state index contributed by atoms with van der Waals surface area (Å²) >= 11 is 0. The first-order valence-corrected chi connectivity index (χ1v) is 12.1. The van der Waals surface area contributed by atoms with E-state index in [4.69, 9.17) is 4.74 Å². The summed E-state index contributed by atoms with van der Waals surface area (Å²) in [6.45, 7) is 2.67. The average Bonchev–Trinajstić information content (AvgIpc) is 3.66. The fourth-order valence-corrected chi connectivity index (χ4v) is 4.05. The van der Waals surface area contributed by atoms with Crippen molar-refractivity contribution in [2.45, 2.75) is 13.3 Å². The molecule has 5 rings (SSSR count). The van der Waals surface area contributed by atoms with Crippen molar-refractivity contribution in [3.05, 3.63) is 153 Å². The van der Waals surface area contributed by atoms with Crippen molar-refractivity contribution < 1.29 is 32.0 Å². The minimum absolute atomic E-state index is 0. The second-order valence-electron chi connectivity index (χ2n) is 8.37. The van der Waals surface area contributed by atoms with E-state index in [1.165, 1.54) is 0 Å². The number of phenols is 2. The molecule has 4 heteroatoms. The molecule has 10 radical (unpaired) electrons. The predicted octanol–water partition coefficient (Wildman–Crippen LogP) is 7.27. The van der Waals surface area contributed by atoms with Crippen molar-refractivity contribution in [2.75, 3.05) is 6.61 Å². The van der Waals surface area contributed by atoms with E-state index in [1.54, 1.807) is 24.3 Å². The third-order valence-corrected chi connectivity index (χ3v) is 5.86. The standard InChI is InChI=1S/C28H25O3.C5H5.Fe/c1-2-27(21-7-13-24(29)14-8-21)28(22-9-15-25(30)16-10-22)23-11-17-26(18-12-23)31-19-20-5-3-4-6-20;1-2-4-5-3-1;/h3-18,29-30H,2,19H2,1H3;1-5H;/q;;+2/b28-27-;;. The van der Waals surface area contributed by atoms with Gasteiger partial charge in [-0.25, -0.2) is 0 Å². The summed E-state index contributed by atoms with van der Waals surface area (Å²) in [5.74, 6) is 2.45. The van der Waals surface area contributed by atoms with E-state index in [-0.39, 0.29) is 28.6 Å². The number of phenolic OH excluding ortho intramolecular Hbond substituents is 2. The second kappa shape index (κ2) is 14.9. The van der Waals surface area contributed by atoms with Gasteiger partial charge in [0.15, 0.2) is 0 Å². The molecule has 3 nitrogen and oxygen atoms in total. The van der Waals surface area contributed by atoms with E-state index in [1.807, 2.05) is 94.2 Å². The van der Waals surface area contributed by atoms with Gasteiger partial charge in [-0.3, -0.25) is 0 Å². The number of allylic oxidation sites excluding steroid dienone is 1. The molecule has 3 aromatic rings. The summed E-state index contributed by atoms with van der Waals surface area (Å²) in [5.41, 5.74) is 5.40. The topological polar surface area (TPSA) is 49.7 Å². The monoisotopic (exact) mass is 530 g/mol. The van der Waals surface area contributed by atoms with Crippen molar-refractivity contribution in [1.29, 1.82) is 0 Å². The molecule has 37 heavy (non-hydrogen) atoms. The van der Waals surface area contributed by atoms with Gasteiger partial charge in [0.05, 0.1) is 6.61 Å². The van der Waals surface area contributed by atoms with Crippen LogP contribution in [0, 0.1) is 63.7 Å². The number of rotatable bonds is 7. The molecule has 186 valence electrons. The summed E-state index contributed by atoms with van der Waals surface area (Å²) in [5, 5.41) is 19.5. The minimum Gasteiger partial charge on any atom is -0.508 e. The maximum absolute atomic E-state index is 9.77. The van der Waals surface area contributed by atoms with Crippen LogP contribution in [0.2, 0.25) is 0 Å². The van der Waals surface area contributed by atoms with Crippen molar-refractivity contribution in [3.63, 3.8) is 0 Å². The van der Waals surface area contributed by atoms with Gasteiger partial charge in [0, 0.05) is 5.92 Å². The Bertz CT molecular complexity index is 1080. The first-order valence-electron chi connectivity index (χ1n) is 12.1. The molecule has 2 aliphatic rings. The Kier molecular flexibility index (Phi) is 11.6. The van der Waals surface area contributed by atoms with Crippen LogP contribution in [0.25, 0.3) is 11.1 Å². The van der Waals surface area contributed by atoms with Crippen molar-refractivity contribution in [2.24, 2.45) is 0 Å². The van der Waals surface area contributed by atoms with Gasteiger partial charge >= 0.3 is 17.1 Å². The van der Waals surface area contributed by atoms with Gasteiger partial charge in [-0.1, -0.05) is 43.3 Å². The Labute approximate surface area is 233 Å². The van der Waals surface area contributed by atoms with Gasteiger partial charge in [-0.2, -0.15) is 0 Å². The third-order valence-electron chi connectivity index (χ3n) is 5.86. The summed E-state index contributed by atoms with van der Waals surface area (Å²) in [6, 6.07) is 22.7. The van der Waals surface area contributed by atoms with Gasteiger partial charge in [0.1, 0.15) is 17.2 Å². The molecule has 0 saturated heterocycles. The van der Waals surface area contributed by atoms with E-state index in [2.05, 4.69) is 19.1 Å². The number of hydrogen-bond acceptors (Lipinski definition) is 3. The SMILES string of the molecule is CC/C(=C(\c1ccc(O)cc1)c1ccc(OC[C]2[CH][CH][CH][CH]2)cc1)c1ccc(O)cc1.[CH]1[CH][CH][CH][CH]1.[Fe+2]. The molecule has 0 amide bonds. The number of benzene rings is 3. The van der Waals surface area contributed by atoms with E-state index >= 15 is 0 Å². The molecule has 2 aliphatic carbocycles. The quantitative estimate of drug-likeness (QED) is 0.250. The van der Waals surface area contributed by atoms with Crippen LogP contribution in [0.5, 0.6) is 17.2 Å². The zero-order valence-electron chi connectivity index (χ0n) is 20.7. The molecule has 0 bridgehead atoms. The molecular formula is C33H30FeO3+2. The molecule has 2 fully saturated rings. The van der Waals surface area contributed by atoms with E-state index < -0.39 is 0 Å². The van der Waals surface area contributed by atoms with Crippen molar-refractivity contribution in [3.8, 4) is 17.2 Å². The van der Waals surface area contributed by atoms with E-state index in [0.717, 1.165) is 45.9 Å². The summed E-state index contributed by atoms with van der Waals surface area (Å²) in [7, 11) is 0.